The summed E-state index contributed by atoms with van der Waals surface area (Å²) in [7, 11) is 1.53. The molecule has 3 N–H and O–H groups in total. The third-order valence-electron chi connectivity index (χ3n) is 3.42. The van der Waals surface area contributed by atoms with Crippen molar-refractivity contribution in [1.29, 1.82) is 0 Å². The van der Waals surface area contributed by atoms with E-state index in [1.807, 2.05) is 0 Å². The first-order valence-electron chi connectivity index (χ1n) is 7.09. The number of hydrogen-bond acceptors (Lipinski definition) is 3. The van der Waals surface area contributed by atoms with Gasteiger partial charge in [0, 0.05) is 12.5 Å². The SMILES string of the molecule is COc1ccc(C[C@@H](NC(=O)c2ccc(F)cc2F)C(N)=O)cc1. The summed E-state index contributed by atoms with van der Waals surface area (Å²) in [6.07, 6.45) is 0.133. The molecular formula is C17H16F2N2O3. The smallest absolute Gasteiger partial charge is 0.254 e. The maximum atomic E-state index is 13.6. The van der Waals surface area contributed by atoms with Crippen molar-refractivity contribution in [3.63, 3.8) is 0 Å². The Balaban J connectivity index is 2.12. The van der Waals surface area contributed by atoms with Gasteiger partial charge < -0.3 is 15.8 Å². The fraction of sp³-hybridized carbons (Fsp3) is 0.176. The van der Waals surface area contributed by atoms with E-state index in [4.69, 9.17) is 10.5 Å². The molecule has 0 saturated carbocycles. The molecule has 0 heterocycles. The third-order valence-corrected chi connectivity index (χ3v) is 3.42. The highest BCUT2D eigenvalue weighted by atomic mass is 19.1. The number of rotatable bonds is 6. The van der Waals surface area contributed by atoms with Crippen LogP contribution in [0.15, 0.2) is 42.5 Å². The van der Waals surface area contributed by atoms with Crippen molar-refractivity contribution < 1.29 is 23.1 Å². The van der Waals surface area contributed by atoms with Crippen LogP contribution in [-0.2, 0) is 11.2 Å². The number of carbonyl (C=O) groups is 2. The molecule has 2 amide bonds. The second-order valence-corrected chi connectivity index (χ2v) is 5.10. The lowest BCUT2D eigenvalue weighted by atomic mass is 10.0. The van der Waals surface area contributed by atoms with Gasteiger partial charge in [0.25, 0.3) is 5.91 Å². The van der Waals surface area contributed by atoms with Crippen LogP contribution in [0.25, 0.3) is 0 Å². The van der Waals surface area contributed by atoms with E-state index >= 15 is 0 Å². The lowest BCUT2D eigenvalue weighted by molar-refractivity contribution is -0.119. The van der Waals surface area contributed by atoms with Gasteiger partial charge in [0.1, 0.15) is 23.4 Å². The molecule has 0 fully saturated rings. The van der Waals surface area contributed by atoms with Gasteiger partial charge in [0.05, 0.1) is 12.7 Å². The maximum absolute atomic E-state index is 13.6. The van der Waals surface area contributed by atoms with Gasteiger partial charge in [-0.2, -0.15) is 0 Å². The van der Waals surface area contributed by atoms with E-state index in [2.05, 4.69) is 5.32 Å². The summed E-state index contributed by atoms with van der Waals surface area (Å²) in [5.41, 5.74) is 5.67. The molecular weight excluding hydrogens is 318 g/mol. The molecule has 5 nitrogen and oxygen atoms in total. The van der Waals surface area contributed by atoms with E-state index in [0.29, 0.717) is 11.8 Å². The van der Waals surface area contributed by atoms with E-state index in [-0.39, 0.29) is 12.0 Å². The lowest BCUT2D eigenvalue weighted by Gasteiger charge is -2.16. The summed E-state index contributed by atoms with van der Waals surface area (Å²) >= 11 is 0. The van der Waals surface area contributed by atoms with E-state index in [0.717, 1.165) is 17.7 Å². The van der Waals surface area contributed by atoms with Crippen LogP contribution >= 0.6 is 0 Å². The number of amides is 2. The summed E-state index contributed by atoms with van der Waals surface area (Å²) in [5, 5.41) is 2.36. The Kier molecular flexibility index (Phi) is 5.47. The minimum absolute atomic E-state index is 0.133. The molecule has 2 rings (SSSR count). The third kappa shape index (κ3) is 4.28. The number of ether oxygens (including phenoxy) is 1. The van der Waals surface area contributed by atoms with Crippen molar-refractivity contribution in [2.45, 2.75) is 12.5 Å². The largest absolute Gasteiger partial charge is 0.497 e. The molecule has 24 heavy (non-hydrogen) atoms. The molecule has 0 aromatic heterocycles. The van der Waals surface area contributed by atoms with E-state index < -0.39 is 29.5 Å². The molecule has 1 atom stereocenters. The van der Waals surface area contributed by atoms with Crippen LogP contribution in [0.4, 0.5) is 8.78 Å². The average Bonchev–Trinajstić information content (AvgIpc) is 2.54. The number of carbonyl (C=O) groups excluding carboxylic acids is 2. The van der Waals surface area contributed by atoms with Crippen LogP contribution in [0.5, 0.6) is 5.75 Å². The van der Waals surface area contributed by atoms with Crippen molar-refractivity contribution >= 4 is 11.8 Å². The zero-order valence-corrected chi connectivity index (χ0v) is 12.9. The molecule has 0 aliphatic rings. The van der Waals surface area contributed by atoms with E-state index in [1.54, 1.807) is 24.3 Å². The fourth-order valence-electron chi connectivity index (χ4n) is 2.13. The first-order chi connectivity index (χ1) is 11.4. The standard InChI is InChI=1S/C17H16F2N2O3/c1-24-12-5-2-10(3-6-12)8-15(16(20)22)21-17(23)13-7-4-11(18)9-14(13)19/h2-7,9,15H,8H2,1H3,(H2,20,22)(H,21,23)/t15-/m1/s1. The van der Waals surface area contributed by atoms with Gasteiger partial charge in [0.15, 0.2) is 0 Å². The number of nitrogens with two attached hydrogens (primary N) is 1. The highest BCUT2D eigenvalue weighted by molar-refractivity contribution is 5.97. The molecule has 0 aliphatic carbocycles. The van der Waals surface area contributed by atoms with Gasteiger partial charge in [-0.1, -0.05) is 12.1 Å². The Bertz CT molecular complexity index is 748. The average molecular weight is 334 g/mol. The van der Waals surface area contributed by atoms with Crippen molar-refractivity contribution in [2.75, 3.05) is 7.11 Å². The summed E-state index contributed by atoms with van der Waals surface area (Å²) in [6, 6.07) is 8.38. The highest BCUT2D eigenvalue weighted by Gasteiger charge is 2.21. The van der Waals surface area contributed by atoms with Crippen LogP contribution in [0, 0.1) is 11.6 Å². The van der Waals surface area contributed by atoms with Gasteiger partial charge in [-0.15, -0.1) is 0 Å². The van der Waals surface area contributed by atoms with Crippen molar-refractivity contribution in [2.24, 2.45) is 5.73 Å². The predicted molar refractivity (Wildman–Crippen MR) is 83.5 cm³/mol. The molecule has 0 saturated heterocycles. The normalized spacial score (nSPS) is 11.6. The monoisotopic (exact) mass is 334 g/mol. The first-order valence-corrected chi connectivity index (χ1v) is 7.09. The Morgan fingerprint density at radius 3 is 2.38 bits per heavy atom. The van der Waals surface area contributed by atoms with Crippen LogP contribution in [0.1, 0.15) is 15.9 Å². The molecule has 0 unspecified atom stereocenters. The Morgan fingerprint density at radius 2 is 1.83 bits per heavy atom. The minimum Gasteiger partial charge on any atom is -0.497 e. The zero-order chi connectivity index (χ0) is 17.7. The number of methoxy groups -OCH3 is 1. The van der Waals surface area contributed by atoms with E-state index in [1.165, 1.54) is 7.11 Å². The lowest BCUT2D eigenvalue weighted by Crippen LogP contribution is -2.46. The van der Waals surface area contributed by atoms with Crippen LogP contribution in [0.3, 0.4) is 0 Å². The number of halogens is 2. The molecule has 126 valence electrons. The van der Waals surface area contributed by atoms with Crippen LogP contribution < -0.4 is 15.8 Å². The Morgan fingerprint density at radius 1 is 1.17 bits per heavy atom. The Labute approximate surface area is 137 Å². The summed E-state index contributed by atoms with van der Waals surface area (Å²) in [5.74, 6) is -2.77. The number of nitrogens with one attached hydrogen (secondary N) is 1. The molecule has 2 aromatic rings. The fourth-order valence-corrected chi connectivity index (χ4v) is 2.13. The van der Waals surface area contributed by atoms with Crippen molar-refractivity contribution in [3.8, 4) is 5.75 Å². The van der Waals surface area contributed by atoms with Crippen LogP contribution in [0.2, 0.25) is 0 Å². The number of benzene rings is 2. The van der Waals surface area contributed by atoms with Crippen LogP contribution in [-0.4, -0.2) is 25.0 Å². The highest BCUT2D eigenvalue weighted by Crippen LogP contribution is 2.14. The number of primary amides is 1. The molecule has 0 radical (unpaired) electrons. The molecule has 0 bridgehead atoms. The van der Waals surface area contributed by atoms with Crippen molar-refractivity contribution in [3.05, 3.63) is 65.2 Å². The van der Waals surface area contributed by atoms with Gasteiger partial charge in [-0.05, 0) is 29.8 Å². The summed E-state index contributed by atoms with van der Waals surface area (Å²) < 4.78 is 31.6. The Hall–Kier alpha value is -2.96. The predicted octanol–water partition coefficient (Wildman–Crippen LogP) is 1.80. The molecule has 2 aromatic carbocycles. The minimum atomic E-state index is -1.03. The zero-order valence-electron chi connectivity index (χ0n) is 12.9. The van der Waals surface area contributed by atoms with Gasteiger partial charge in [-0.25, -0.2) is 8.78 Å². The van der Waals surface area contributed by atoms with Gasteiger partial charge >= 0.3 is 0 Å². The van der Waals surface area contributed by atoms with Gasteiger partial charge in [-0.3, -0.25) is 9.59 Å². The topological polar surface area (TPSA) is 81.4 Å². The summed E-state index contributed by atoms with van der Waals surface area (Å²) in [4.78, 5) is 23.6. The maximum Gasteiger partial charge on any atom is 0.254 e. The second kappa shape index (κ2) is 7.54. The molecule has 7 heteroatoms. The second-order valence-electron chi connectivity index (χ2n) is 5.10. The number of hydrogen-bond donors (Lipinski definition) is 2. The van der Waals surface area contributed by atoms with E-state index in [9.17, 15) is 18.4 Å². The molecule has 0 spiro atoms. The van der Waals surface area contributed by atoms with Gasteiger partial charge in [0.2, 0.25) is 5.91 Å². The first kappa shape index (κ1) is 17.4. The quantitative estimate of drug-likeness (QED) is 0.845. The summed E-state index contributed by atoms with van der Waals surface area (Å²) in [6.45, 7) is 0. The molecule has 0 aliphatic heterocycles. The van der Waals surface area contributed by atoms with Crippen molar-refractivity contribution in [1.82, 2.24) is 5.32 Å².